The van der Waals surface area contributed by atoms with Gasteiger partial charge in [0.15, 0.2) is 0 Å². The van der Waals surface area contributed by atoms with Crippen LogP contribution in [0.15, 0.2) is 48.5 Å². The van der Waals surface area contributed by atoms with Crippen LogP contribution >= 0.6 is 0 Å². The number of anilines is 1. The van der Waals surface area contributed by atoms with Crippen molar-refractivity contribution in [3.05, 3.63) is 59.9 Å². The number of benzene rings is 2. The number of likely N-dealkylation sites (tertiary alicyclic amines) is 1. The van der Waals surface area contributed by atoms with E-state index in [1.54, 1.807) is 17.0 Å². The van der Waals surface area contributed by atoms with Crippen LogP contribution in [0.25, 0.3) is 11.0 Å². The van der Waals surface area contributed by atoms with Crippen molar-refractivity contribution in [3.63, 3.8) is 0 Å². The Balaban J connectivity index is 1.56. The first kappa shape index (κ1) is 21.2. The minimum atomic E-state index is -0.517. The Hall–Kier alpha value is -3.09. The van der Waals surface area contributed by atoms with Gasteiger partial charge in [-0.1, -0.05) is 24.3 Å². The number of para-hydroxylation sites is 2. The first-order valence-electron chi connectivity index (χ1n) is 10.7. The molecule has 0 bridgehead atoms. The van der Waals surface area contributed by atoms with Crippen molar-refractivity contribution in [1.29, 1.82) is 0 Å². The summed E-state index contributed by atoms with van der Waals surface area (Å²) in [6.45, 7) is 7.37. The summed E-state index contributed by atoms with van der Waals surface area (Å²) in [5.74, 6) is 0.471. The number of ether oxygens (including phenoxy) is 1. The van der Waals surface area contributed by atoms with E-state index in [9.17, 15) is 9.18 Å². The number of carbonyl (C=O) groups is 1. The number of amides is 1. The topological polar surface area (TPSA) is 59.4 Å². The predicted octanol–water partition coefficient (Wildman–Crippen LogP) is 5.04. The van der Waals surface area contributed by atoms with Gasteiger partial charge in [-0.3, -0.25) is 0 Å². The van der Waals surface area contributed by atoms with Crippen LogP contribution in [0.3, 0.4) is 0 Å². The zero-order valence-corrected chi connectivity index (χ0v) is 18.3. The molecule has 0 saturated carbocycles. The molecule has 0 unspecified atom stereocenters. The van der Waals surface area contributed by atoms with E-state index in [1.807, 2.05) is 51.1 Å². The van der Waals surface area contributed by atoms with Gasteiger partial charge in [-0.15, -0.1) is 0 Å². The highest BCUT2D eigenvalue weighted by Crippen LogP contribution is 2.24. The molecule has 1 aromatic heterocycles. The van der Waals surface area contributed by atoms with Gasteiger partial charge in [-0.05, 0) is 63.4 Å². The van der Waals surface area contributed by atoms with Gasteiger partial charge in [0.2, 0.25) is 5.95 Å². The Morgan fingerprint density at radius 3 is 2.81 bits per heavy atom. The van der Waals surface area contributed by atoms with Gasteiger partial charge >= 0.3 is 6.09 Å². The number of nitrogens with zero attached hydrogens (tertiary/aromatic N) is 3. The summed E-state index contributed by atoms with van der Waals surface area (Å²) in [5, 5.41) is 3.53. The molecule has 1 aliphatic rings. The van der Waals surface area contributed by atoms with Gasteiger partial charge in [0, 0.05) is 19.1 Å². The van der Waals surface area contributed by atoms with Gasteiger partial charge < -0.3 is 19.5 Å². The number of aromatic nitrogens is 2. The van der Waals surface area contributed by atoms with Gasteiger partial charge in [-0.2, -0.15) is 0 Å². The number of halogens is 1. The minimum Gasteiger partial charge on any atom is -0.444 e. The third kappa shape index (κ3) is 5.16. The quantitative estimate of drug-likeness (QED) is 0.638. The van der Waals surface area contributed by atoms with Crippen molar-refractivity contribution >= 4 is 23.1 Å². The van der Waals surface area contributed by atoms with Crippen molar-refractivity contribution in [3.8, 4) is 0 Å². The highest BCUT2D eigenvalue weighted by atomic mass is 19.1. The molecule has 3 aromatic rings. The molecule has 1 saturated heterocycles. The molecule has 1 fully saturated rings. The van der Waals surface area contributed by atoms with E-state index in [2.05, 4.69) is 9.88 Å². The monoisotopic (exact) mass is 424 g/mol. The highest BCUT2D eigenvalue weighted by molar-refractivity contribution is 5.79. The SMILES string of the molecule is CC(C)(C)OC(=O)N1CCC[C@H](Nc2nc3ccccc3n2Cc2cccc(F)c2)C1. The second kappa shape index (κ2) is 8.57. The highest BCUT2D eigenvalue weighted by Gasteiger charge is 2.28. The molecular weight excluding hydrogens is 395 g/mol. The van der Waals surface area contributed by atoms with Crippen LogP contribution in [-0.4, -0.2) is 45.3 Å². The summed E-state index contributed by atoms with van der Waals surface area (Å²) in [4.78, 5) is 19.0. The third-order valence-corrected chi connectivity index (χ3v) is 5.29. The van der Waals surface area contributed by atoms with E-state index < -0.39 is 5.60 Å². The normalized spacial score (nSPS) is 17.0. The lowest BCUT2D eigenvalue weighted by molar-refractivity contribution is 0.0206. The van der Waals surface area contributed by atoms with Crippen molar-refractivity contribution in [1.82, 2.24) is 14.5 Å². The van der Waals surface area contributed by atoms with Crippen molar-refractivity contribution in [2.45, 2.75) is 51.8 Å². The van der Waals surface area contributed by atoms with E-state index in [1.165, 1.54) is 6.07 Å². The second-order valence-electron chi connectivity index (χ2n) is 9.05. The van der Waals surface area contributed by atoms with Crippen molar-refractivity contribution in [2.75, 3.05) is 18.4 Å². The van der Waals surface area contributed by atoms with Gasteiger partial charge in [0.25, 0.3) is 0 Å². The van der Waals surface area contributed by atoms with Crippen LogP contribution in [0.5, 0.6) is 0 Å². The fourth-order valence-corrected chi connectivity index (χ4v) is 3.93. The molecule has 2 aromatic carbocycles. The Bertz CT molecular complexity index is 1070. The summed E-state index contributed by atoms with van der Waals surface area (Å²) in [6, 6.07) is 14.6. The van der Waals surface area contributed by atoms with Gasteiger partial charge in [0.05, 0.1) is 17.6 Å². The standard InChI is InChI=1S/C24H29FN4O2/c1-24(2,3)31-23(30)28-13-7-10-19(16-28)26-22-27-20-11-4-5-12-21(20)29(22)15-17-8-6-9-18(25)14-17/h4-6,8-9,11-12,14,19H,7,10,13,15-16H2,1-3H3,(H,26,27)/t19-/m0/s1. The summed E-state index contributed by atoms with van der Waals surface area (Å²) < 4.78 is 21.3. The lowest BCUT2D eigenvalue weighted by Crippen LogP contribution is -2.47. The molecule has 7 heteroatoms. The molecule has 0 spiro atoms. The molecule has 2 heterocycles. The van der Waals surface area contributed by atoms with Crippen LogP contribution in [0, 0.1) is 5.82 Å². The van der Waals surface area contributed by atoms with Gasteiger partial charge in [-0.25, -0.2) is 14.2 Å². The number of carbonyl (C=O) groups excluding carboxylic acids is 1. The fraction of sp³-hybridized carbons (Fsp3) is 0.417. The number of piperidine rings is 1. The van der Waals surface area contributed by atoms with Crippen LogP contribution in [-0.2, 0) is 11.3 Å². The van der Waals surface area contributed by atoms with Gasteiger partial charge in [0.1, 0.15) is 11.4 Å². The molecule has 1 N–H and O–H groups in total. The van der Waals surface area contributed by atoms with Crippen molar-refractivity contribution < 1.29 is 13.9 Å². The zero-order valence-electron chi connectivity index (χ0n) is 18.3. The Morgan fingerprint density at radius 1 is 1.23 bits per heavy atom. The number of imidazole rings is 1. The molecule has 1 atom stereocenters. The summed E-state index contributed by atoms with van der Waals surface area (Å²) in [6.07, 6.45) is 1.54. The maximum absolute atomic E-state index is 13.7. The van der Waals surface area contributed by atoms with Crippen molar-refractivity contribution in [2.24, 2.45) is 0 Å². The van der Waals surface area contributed by atoms with E-state index in [-0.39, 0.29) is 18.0 Å². The third-order valence-electron chi connectivity index (χ3n) is 5.29. The number of fused-ring (bicyclic) bond motifs is 1. The number of rotatable bonds is 4. The molecule has 0 aliphatic carbocycles. The fourth-order valence-electron chi connectivity index (χ4n) is 3.93. The lowest BCUT2D eigenvalue weighted by Gasteiger charge is -2.34. The van der Waals surface area contributed by atoms with Crippen LogP contribution in [0.2, 0.25) is 0 Å². The molecule has 0 radical (unpaired) electrons. The predicted molar refractivity (Wildman–Crippen MR) is 120 cm³/mol. The molecule has 1 amide bonds. The molecule has 164 valence electrons. The molecular formula is C24H29FN4O2. The Morgan fingerprint density at radius 2 is 2.03 bits per heavy atom. The maximum atomic E-state index is 13.7. The number of nitrogens with one attached hydrogen (secondary N) is 1. The maximum Gasteiger partial charge on any atom is 0.410 e. The Kier molecular flexibility index (Phi) is 5.85. The zero-order chi connectivity index (χ0) is 22.0. The number of hydrogen-bond donors (Lipinski definition) is 1. The average molecular weight is 425 g/mol. The summed E-state index contributed by atoms with van der Waals surface area (Å²) >= 11 is 0. The smallest absolute Gasteiger partial charge is 0.410 e. The minimum absolute atomic E-state index is 0.0596. The number of hydrogen-bond acceptors (Lipinski definition) is 4. The molecule has 6 nitrogen and oxygen atoms in total. The summed E-state index contributed by atoms with van der Waals surface area (Å²) in [5.41, 5.74) is 2.21. The first-order chi connectivity index (χ1) is 14.8. The lowest BCUT2D eigenvalue weighted by atomic mass is 10.1. The van der Waals surface area contributed by atoms with E-state index >= 15 is 0 Å². The molecule has 1 aliphatic heterocycles. The summed E-state index contributed by atoms with van der Waals surface area (Å²) in [7, 11) is 0. The average Bonchev–Trinajstić information content (AvgIpc) is 3.04. The van der Waals surface area contributed by atoms with E-state index in [4.69, 9.17) is 9.72 Å². The molecule has 31 heavy (non-hydrogen) atoms. The van der Waals surface area contributed by atoms with Crippen LogP contribution in [0.4, 0.5) is 15.1 Å². The van der Waals surface area contributed by atoms with Crippen LogP contribution in [0.1, 0.15) is 39.2 Å². The first-order valence-corrected chi connectivity index (χ1v) is 10.7. The van der Waals surface area contributed by atoms with E-state index in [0.29, 0.717) is 19.6 Å². The Labute approximate surface area is 182 Å². The molecule has 4 rings (SSSR count). The second-order valence-corrected chi connectivity index (χ2v) is 9.05. The largest absolute Gasteiger partial charge is 0.444 e. The van der Waals surface area contributed by atoms with E-state index in [0.717, 1.165) is 35.4 Å². The van der Waals surface area contributed by atoms with Crippen LogP contribution < -0.4 is 5.32 Å².